The fourth-order valence-corrected chi connectivity index (χ4v) is 3.52. The van der Waals surface area contributed by atoms with Crippen LogP contribution in [0.25, 0.3) is 11.0 Å². The van der Waals surface area contributed by atoms with Crippen molar-refractivity contribution in [2.45, 2.75) is 5.03 Å². The lowest BCUT2D eigenvalue weighted by Gasteiger charge is -2.05. The van der Waals surface area contributed by atoms with Crippen LogP contribution in [0.2, 0.25) is 0 Å². The van der Waals surface area contributed by atoms with Crippen molar-refractivity contribution in [2.75, 3.05) is 12.4 Å². The van der Waals surface area contributed by atoms with Gasteiger partial charge in [-0.25, -0.2) is 4.79 Å². The van der Waals surface area contributed by atoms with Crippen molar-refractivity contribution in [3.63, 3.8) is 0 Å². The van der Waals surface area contributed by atoms with Crippen LogP contribution in [0.15, 0.2) is 52.3 Å². The van der Waals surface area contributed by atoms with Crippen molar-refractivity contribution < 1.29 is 14.4 Å². The summed E-state index contributed by atoms with van der Waals surface area (Å²) in [6, 6.07) is 12.0. The first-order valence-corrected chi connectivity index (χ1v) is 9.18. The Labute approximate surface area is 143 Å². The van der Waals surface area contributed by atoms with E-state index in [0.29, 0.717) is 16.8 Å². The number of benzene rings is 1. The maximum atomic E-state index is 11.6. The summed E-state index contributed by atoms with van der Waals surface area (Å²) in [7, 11) is 2.84. The molecule has 0 aliphatic rings. The number of rotatable bonds is 6. The SMILES string of the molecule is O=C(OCCSSc1cccc(=O)[nH]1)On1nnc2ccccc21. The zero-order valence-corrected chi connectivity index (χ0v) is 13.9. The maximum Gasteiger partial charge on any atom is 0.535 e. The van der Waals surface area contributed by atoms with Crippen LogP contribution in [0.4, 0.5) is 4.79 Å². The van der Waals surface area contributed by atoms with Gasteiger partial charge in [-0.1, -0.05) is 33.8 Å². The van der Waals surface area contributed by atoms with E-state index in [4.69, 9.17) is 9.57 Å². The molecule has 0 aliphatic carbocycles. The van der Waals surface area contributed by atoms with Crippen molar-refractivity contribution in [1.82, 2.24) is 20.1 Å². The smallest absolute Gasteiger partial charge is 0.432 e. The number of nitrogens with zero attached hydrogens (tertiary/aromatic N) is 3. The van der Waals surface area contributed by atoms with Crippen LogP contribution in [-0.2, 0) is 4.74 Å². The zero-order valence-electron chi connectivity index (χ0n) is 12.2. The van der Waals surface area contributed by atoms with Crippen LogP contribution in [0, 0.1) is 0 Å². The summed E-state index contributed by atoms with van der Waals surface area (Å²) >= 11 is 0. The predicted molar refractivity (Wildman–Crippen MR) is 90.8 cm³/mol. The molecule has 0 unspecified atom stereocenters. The van der Waals surface area contributed by atoms with E-state index < -0.39 is 6.16 Å². The molecule has 124 valence electrons. The van der Waals surface area contributed by atoms with Gasteiger partial charge >= 0.3 is 6.16 Å². The molecule has 3 aromatic rings. The van der Waals surface area contributed by atoms with Crippen LogP contribution in [0.3, 0.4) is 0 Å². The van der Waals surface area contributed by atoms with Gasteiger partial charge in [0.15, 0.2) is 0 Å². The molecular weight excluding hydrogens is 352 g/mol. The van der Waals surface area contributed by atoms with Crippen LogP contribution in [-0.4, -0.2) is 38.7 Å². The molecule has 0 bridgehead atoms. The van der Waals surface area contributed by atoms with Crippen molar-refractivity contribution in [3.8, 4) is 0 Å². The lowest BCUT2D eigenvalue weighted by molar-refractivity contribution is 0.0434. The molecule has 2 heterocycles. The molecule has 1 aromatic carbocycles. The number of aromatic nitrogens is 4. The third kappa shape index (κ3) is 4.30. The van der Waals surface area contributed by atoms with Crippen LogP contribution in [0.5, 0.6) is 0 Å². The van der Waals surface area contributed by atoms with E-state index in [0.717, 1.165) is 9.87 Å². The minimum absolute atomic E-state index is 0.152. The number of hydrogen-bond acceptors (Lipinski definition) is 8. The Hall–Kier alpha value is -2.46. The first kappa shape index (κ1) is 16.4. The van der Waals surface area contributed by atoms with E-state index in [1.165, 1.54) is 27.7 Å². The highest BCUT2D eigenvalue weighted by atomic mass is 33.1. The highest BCUT2D eigenvalue weighted by Gasteiger charge is 2.10. The van der Waals surface area contributed by atoms with Gasteiger partial charge < -0.3 is 9.72 Å². The maximum absolute atomic E-state index is 11.6. The second-order valence-electron chi connectivity index (χ2n) is 4.43. The van der Waals surface area contributed by atoms with Gasteiger partial charge in [-0.2, -0.15) is 0 Å². The summed E-state index contributed by atoms with van der Waals surface area (Å²) < 4.78 is 4.97. The number of pyridine rings is 1. The van der Waals surface area contributed by atoms with E-state index in [2.05, 4.69) is 15.3 Å². The normalized spacial score (nSPS) is 10.7. The monoisotopic (exact) mass is 364 g/mol. The highest BCUT2D eigenvalue weighted by Crippen LogP contribution is 2.27. The summed E-state index contributed by atoms with van der Waals surface area (Å²) in [4.78, 5) is 31.4. The topological polar surface area (TPSA) is 99.1 Å². The third-order valence-corrected chi connectivity index (χ3v) is 5.02. The van der Waals surface area contributed by atoms with Crippen molar-refractivity contribution in [3.05, 3.63) is 52.8 Å². The molecule has 1 N–H and O–H groups in total. The fourth-order valence-electron chi connectivity index (χ4n) is 1.75. The Morgan fingerprint density at radius 1 is 1.21 bits per heavy atom. The van der Waals surface area contributed by atoms with Crippen LogP contribution >= 0.6 is 21.6 Å². The first-order chi connectivity index (χ1) is 11.7. The number of ether oxygens (including phenoxy) is 1. The van der Waals surface area contributed by atoms with E-state index in [9.17, 15) is 9.59 Å². The lowest BCUT2D eigenvalue weighted by atomic mass is 10.3. The van der Waals surface area contributed by atoms with Crippen molar-refractivity contribution in [1.29, 1.82) is 0 Å². The Kier molecular flexibility index (Phi) is 5.39. The van der Waals surface area contributed by atoms with E-state index in [1.54, 1.807) is 30.3 Å². The molecule has 0 atom stereocenters. The van der Waals surface area contributed by atoms with Gasteiger partial charge in [0.1, 0.15) is 17.6 Å². The zero-order chi connectivity index (χ0) is 16.8. The number of carbonyl (C=O) groups excluding carboxylic acids is 1. The van der Waals surface area contributed by atoms with E-state index in [1.807, 2.05) is 6.07 Å². The number of carbonyl (C=O) groups is 1. The standard InChI is InChI=1S/C14H12N4O4S2/c19-12-6-3-7-13(15-12)24-23-9-8-21-14(20)22-18-11-5-2-1-4-10(11)16-17-18/h1-7H,8-9H2,(H,15,19). The molecule has 0 fully saturated rings. The molecule has 0 aliphatic heterocycles. The fraction of sp³-hybridized carbons (Fsp3) is 0.143. The third-order valence-electron chi connectivity index (χ3n) is 2.76. The van der Waals surface area contributed by atoms with Crippen LogP contribution < -0.4 is 10.4 Å². The molecule has 0 saturated heterocycles. The van der Waals surface area contributed by atoms with Gasteiger partial charge in [0.2, 0.25) is 5.56 Å². The Morgan fingerprint density at radius 3 is 2.96 bits per heavy atom. The average Bonchev–Trinajstić information content (AvgIpc) is 2.98. The predicted octanol–water partition coefficient (Wildman–Crippen LogP) is 2.13. The van der Waals surface area contributed by atoms with Gasteiger partial charge in [0.25, 0.3) is 0 Å². The summed E-state index contributed by atoms with van der Waals surface area (Å²) in [5, 5.41) is 8.33. The Balaban J connectivity index is 1.40. The summed E-state index contributed by atoms with van der Waals surface area (Å²) in [5.41, 5.74) is 1.04. The molecule has 24 heavy (non-hydrogen) atoms. The number of H-pyrrole nitrogens is 1. The molecule has 0 radical (unpaired) electrons. The number of para-hydroxylation sites is 1. The van der Waals surface area contributed by atoms with Gasteiger partial charge in [-0.3, -0.25) is 9.63 Å². The van der Waals surface area contributed by atoms with E-state index >= 15 is 0 Å². The lowest BCUT2D eigenvalue weighted by Crippen LogP contribution is -2.22. The molecular formula is C14H12N4O4S2. The molecule has 0 saturated carbocycles. The van der Waals surface area contributed by atoms with Crippen LogP contribution in [0.1, 0.15) is 0 Å². The first-order valence-electron chi connectivity index (χ1n) is 6.87. The molecule has 8 nitrogen and oxygen atoms in total. The summed E-state index contributed by atoms with van der Waals surface area (Å²) in [6.07, 6.45) is -0.857. The molecule has 10 heteroatoms. The summed E-state index contributed by atoms with van der Waals surface area (Å²) in [6.45, 7) is 0.167. The second-order valence-corrected chi connectivity index (χ2v) is 6.88. The van der Waals surface area contributed by atoms with Gasteiger partial charge in [0, 0.05) is 11.8 Å². The number of aromatic amines is 1. The summed E-state index contributed by atoms with van der Waals surface area (Å²) in [5.74, 6) is 0.537. The largest absolute Gasteiger partial charge is 0.535 e. The molecule has 0 spiro atoms. The van der Waals surface area contributed by atoms with Gasteiger partial charge in [0.05, 0.1) is 5.03 Å². The minimum atomic E-state index is -0.857. The number of fused-ring (bicyclic) bond motifs is 1. The highest BCUT2D eigenvalue weighted by molar-refractivity contribution is 8.76. The number of hydrogen-bond donors (Lipinski definition) is 1. The van der Waals surface area contributed by atoms with Crippen molar-refractivity contribution in [2.24, 2.45) is 0 Å². The van der Waals surface area contributed by atoms with E-state index in [-0.39, 0.29) is 12.2 Å². The second kappa shape index (κ2) is 7.88. The molecule has 0 amide bonds. The van der Waals surface area contributed by atoms with Gasteiger partial charge in [-0.05, 0) is 34.2 Å². The van der Waals surface area contributed by atoms with Gasteiger partial charge in [-0.15, -0.1) is 5.10 Å². The molecule has 3 rings (SSSR count). The number of nitrogens with one attached hydrogen (secondary N) is 1. The minimum Gasteiger partial charge on any atom is -0.432 e. The quantitative estimate of drug-likeness (QED) is 0.307. The van der Waals surface area contributed by atoms with Crippen molar-refractivity contribution >= 4 is 38.8 Å². The average molecular weight is 364 g/mol. The Morgan fingerprint density at radius 2 is 2.08 bits per heavy atom. The molecule has 2 aromatic heterocycles. The Bertz CT molecular complexity index is 895.